The molecule has 5 nitrogen and oxygen atoms in total. The van der Waals surface area contributed by atoms with Crippen LogP contribution in [0.1, 0.15) is 28.9 Å². The molecule has 1 aliphatic rings. The number of carbonyl (C=O) groups excluding carboxylic acids is 2. The summed E-state index contributed by atoms with van der Waals surface area (Å²) in [5.74, 6) is -0.678. The van der Waals surface area contributed by atoms with Gasteiger partial charge in [-0.1, -0.05) is 0 Å². The number of nitrogens with two attached hydrogens (primary N) is 1. The van der Waals surface area contributed by atoms with Gasteiger partial charge in [0.2, 0.25) is 5.91 Å². The highest BCUT2D eigenvalue weighted by Crippen LogP contribution is 2.31. The van der Waals surface area contributed by atoms with Crippen LogP contribution in [0.2, 0.25) is 0 Å². The van der Waals surface area contributed by atoms with Gasteiger partial charge in [-0.15, -0.1) is 11.3 Å². The van der Waals surface area contributed by atoms with Gasteiger partial charge >= 0.3 is 5.97 Å². The number of methoxy groups -OCH3 is 1. The summed E-state index contributed by atoms with van der Waals surface area (Å²) in [5, 5.41) is 4.42. The van der Waals surface area contributed by atoms with Crippen molar-refractivity contribution in [3.63, 3.8) is 0 Å². The Labute approximate surface area is 103 Å². The second kappa shape index (κ2) is 4.46. The van der Waals surface area contributed by atoms with Gasteiger partial charge in [0.05, 0.1) is 18.3 Å². The first-order valence-electron chi connectivity index (χ1n) is 5.33. The van der Waals surface area contributed by atoms with Crippen LogP contribution >= 0.6 is 11.3 Å². The van der Waals surface area contributed by atoms with E-state index >= 15 is 0 Å². The first-order chi connectivity index (χ1) is 8.07. The smallest absolute Gasteiger partial charge is 0.350 e. The maximum Gasteiger partial charge on any atom is 0.350 e. The fourth-order valence-corrected chi connectivity index (χ4v) is 2.46. The molecule has 0 bridgehead atoms. The maximum absolute atomic E-state index is 11.9. The van der Waals surface area contributed by atoms with Crippen LogP contribution in [0, 0.1) is 0 Å². The molecular weight excluding hydrogens is 240 g/mol. The summed E-state index contributed by atoms with van der Waals surface area (Å²) in [5.41, 5.74) is 5.60. The van der Waals surface area contributed by atoms with Crippen LogP contribution in [-0.2, 0) is 9.53 Å². The average Bonchev–Trinajstić information content (AvgIpc) is 2.72. The van der Waals surface area contributed by atoms with Crippen LogP contribution in [0.4, 0.5) is 5.69 Å². The minimum atomic E-state index is -0.769. The van der Waals surface area contributed by atoms with Gasteiger partial charge in [0.15, 0.2) is 0 Å². The molecule has 1 fully saturated rings. The third kappa shape index (κ3) is 2.18. The Bertz CT molecular complexity index is 451. The molecule has 1 aromatic heterocycles. The highest BCUT2D eigenvalue weighted by molar-refractivity contribution is 7.12. The van der Waals surface area contributed by atoms with Gasteiger partial charge in [-0.3, -0.25) is 4.79 Å². The van der Waals surface area contributed by atoms with Crippen molar-refractivity contribution in [1.29, 1.82) is 0 Å². The Hall–Kier alpha value is -1.40. The SMILES string of the molecule is COC(=O)c1sccc1NC(=O)C1(N)CCC1. The first kappa shape index (κ1) is 12.1. The first-order valence-corrected chi connectivity index (χ1v) is 6.21. The lowest BCUT2D eigenvalue weighted by Crippen LogP contribution is -2.56. The van der Waals surface area contributed by atoms with Crippen molar-refractivity contribution in [3.05, 3.63) is 16.3 Å². The fourth-order valence-electron chi connectivity index (χ4n) is 1.69. The molecule has 0 radical (unpaired) electrons. The van der Waals surface area contributed by atoms with E-state index in [1.54, 1.807) is 11.4 Å². The molecule has 0 aliphatic heterocycles. The van der Waals surface area contributed by atoms with E-state index in [9.17, 15) is 9.59 Å². The lowest BCUT2D eigenvalue weighted by molar-refractivity contribution is -0.123. The highest BCUT2D eigenvalue weighted by Gasteiger charge is 2.40. The minimum Gasteiger partial charge on any atom is -0.465 e. The Morgan fingerprint density at radius 1 is 1.53 bits per heavy atom. The van der Waals surface area contributed by atoms with E-state index in [1.165, 1.54) is 18.4 Å². The Morgan fingerprint density at radius 3 is 2.76 bits per heavy atom. The van der Waals surface area contributed by atoms with Gasteiger partial charge in [-0.05, 0) is 30.7 Å². The molecule has 0 saturated heterocycles. The molecular formula is C11H14N2O3S. The van der Waals surface area contributed by atoms with Crippen molar-refractivity contribution in [2.24, 2.45) is 5.73 Å². The quantitative estimate of drug-likeness (QED) is 0.798. The summed E-state index contributed by atoms with van der Waals surface area (Å²) in [6, 6.07) is 1.68. The number of rotatable bonds is 3. The number of amides is 1. The van der Waals surface area contributed by atoms with Crippen LogP contribution in [0.5, 0.6) is 0 Å². The molecule has 1 aromatic rings. The molecule has 1 saturated carbocycles. The van der Waals surface area contributed by atoms with Crippen molar-refractivity contribution < 1.29 is 14.3 Å². The highest BCUT2D eigenvalue weighted by atomic mass is 32.1. The summed E-state index contributed by atoms with van der Waals surface area (Å²) < 4.78 is 4.63. The molecule has 0 spiro atoms. The number of nitrogens with one attached hydrogen (secondary N) is 1. The van der Waals surface area contributed by atoms with Gasteiger partial charge in [0.25, 0.3) is 0 Å². The third-order valence-corrected chi connectivity index (χ3v) is 3.88. The number of hydrogen-bond donors (Lipinski definition) is 2. The maximum atomic E-state index is 11.9. The molecule has 0 unspecified atom stereocenters. The molecule has 17 heavy (non-hydrogen) atoms. The second-order valence-electron chi connectivity index (χ2n) is 4.12. The predicted molar refractivity (Wildman–Crippen MR) is 65.1 cm³/mol. The summed E-state index contributed by atoms with van der Waals surface area (Å²) in [6.45, 7) is 0. The molecule has 1 amide bonds. The molecule has 1 heterocycles. The number of hydrogen-bond acceptors (Lipinski definition) is 5. The zero-order chi connectivity index (χ0) is 12.5. The number of thiophene rings is 1. The standard InChI is InChI=1S/C11H14N2O3S/c1-16-9(14)8-7(3-6-17-8)13-10(15)11(12)4-2-5-11/h3,6H,2,4-5,12H2,1H3,(H,13,15). The van der Waals surface area contributed by atoms with Crippen molar-refractivity contribution in [1.82, 2.24) is 0 Å². The van der Waals surface area contributed by atoms with E-state index in [1.807, 2.05) is 0 Å². The normalized spacial score (nSPS) is 17.1. The van der Waals surface area contributed by atoms with Crippen LogP contribution < -0.4 is 11.1 Å². The van der Waals surface area contributed by atoms with Crippen LogP contribution in [0.3, 0.4) is 0 Å². The summed E-state index contributed by atoms with van der Waals surface area (Å²) in [6.07, 6.45) is 2.35. The lowest BCUT2D eigenvalue weighted by atomic mass is 9.77. The van der Waals surface area contributed by atoms with Gasteiger partial charge in [-0.25, -0.2) is 4.79 Å². The predicted octanol–water partition coefficient (Wildman–Crippen LogP) is 1.35. The number of ether oxygens (including phenoxy) is 1. The van der Waals surface area contributed by atoms with E-state index in [-0.39, 0.29) is 5.91 Å². The van der Waals surface area contributed by atoms with Crippen LogP contribution in [0.25, 0.3) is 0 Å². The van der Waals surface area contributed by atoms with Crippen molar-refractivity contribution in [3.8, 4) is 0 Å². The summed E-state index contributed by atoms with van der Waals surface area (Å²) in [4.78, 5) is 23.7. The van der Waals surface area contributed by atoms with Crippen LogP contribution in [0.15, 0.2) is 11.4 Å². The van der Waals surface area contributed by atoms with Gasteiger partial charge in [0.1, 0.15) is 4.88 Å². The van der Waals surface area contributed by atoms with E-state index < -0.39 is 11.5 Å². The van der Waals surface area contributed by atoms with Gasteiger partial charge in [0, 0.05) is 0 Å². The third-order valence-electron chi connectivity index (χ3n) is 2.98. The zero-order valence-electron chi connectivity index (χ0n) is 9.49. The van der Waals surface area contributed by atoms with Gasteiger partial charge < -0.3 is 15.8 Å². The summed E-state index contributed by atoms with van der Waals surface area (Å²) >= 11 is 1.23. The van der Waals surface area contributed by atoms with E-state index in [4.69, 9.17) is 5.73 Å². The Balaban J connectivity index is 2.11. The summed E-state index contributed by atoms with van der Waals surface area (Å²) in [7, 11) is 1.31. The van der Waals surface area contributed by atoms with E-state index in [2.05, 4.69) is 10.1 Å². The fraction of sp³-hybridized carbons (Fsp3) is 0.455. The van der Waals surface area contributed by atoms with Crippen molar-refractivity contribution in [2.45, 2.75) is 24.8 Å². The van der Waals surface area contributed by atoms with Crippen molar-refractivity contribution in [2.75, 3.05) is 12.4 Å². The number of esters is 1. The molecule has 92 valence electrons. The van der Waals surface area contributed by atoms with Crippen LogP contribution in [-0.4, -0.2) is 24.5 Å². The largest absolute Gasteiger partial charge is 0.465 e. The van der Waals surface area contributed by atoms with E-state index in [0.29, 0.717) is 23.4 Å². The lowest BCUT2D eigenvalue weighted by Gasteiger charge is -2.36. The molecule has 1 aliphatic carbocycles. The Kier molecular flexibility index (Phi) is 3.17. The molecule has 3 N–H and O–H groups in total. The molecule has 2 rings (SSSR count). The zero-order valence-corrected chi connectivity index (χ0v) is 10.3. The molecule has 0 aromatic carbocycles. The average molecular weight is 254 g/mol. The monoisotopic (exact) mass is 254 g/mol. The van der Waals surface area contributed by atoms with Crippen molar-refractivity contribution >= 4 is 28.9 Å². The number of anilines is 1. The number of carbonyl (C=O) groups is 2. The second-order valence-corrected chi connectivity index (χ2v) is 5.03. The minimum absolute atomic E-state index is 0.229. The topological polar surface area (TPSA) is 81.4 Å². The van der Waals surface area contributed by atoms with E-state index in [0.717, 1.165) is 6.42 Å². The molecule has 0 atom stereocenters. The Morgan fingerprint density at radius 2 is 2.24 bits per heavy atom. The van der Waals surface area contributed by atoms with Gasteiger partial charge in [-0.2, -0.15) is 0 Å². The molecule has 6 heteroatoms.